The van der Waals surface area contributed by atoms with Crippen molar-refractivity contribution in [1.82, 2.24) is 4.90 Å². The van der Waals surface area contributed by atoms with Crippen molar-refractivity contribution >= 4 is 34.9 Å². The van der Waals surface area contributed by atoms with Crippen molar-refractivity contribution in [2.24, 2.45) is 11.7 Å². The van der Waals surface area contributed by atoms with E-state index in [2.05, 4.69) is 0 Å². The quantitative estimate of drug-likeness (QED) is 0.786. The topological polar surface area (TPSA) is 55.6 Å². The van der Waals surface area contributed by atoms with E-state index >= 15 is 0 Å². The molecule has 2 aliphatic rings. The molecule has 2 heterocycles. The van der Waals surface area contributed by atoms with Gasteiger partial charge in [-0.1, -0.05) is 12.2 Å². The fourth-order valence-corrected chi connectivity index (χ4v) is 3.72. The van der Waals surface area contributed by atoms with Gasteiger partial charge in [-0.3, -0.25) is 4.79 Å². The molecular weight excluding hydrogens is 268 g/mol. The summed E-state index contributed by atoms with van der Waals surface area (Å²) >= 11 is 6.92. The predicted octanol–water partition coefficient (Wildman–Crippen LogP) is 1.03. The third kappa shape index (κ3) is 3.83. The lowest BCUT2D eigenvalue weighted by Gasteiger charge is -2.33. The summed E-state index contributed by atoms with van der Waals surface area (Å²) in [5.41, 5.74) is 5.58. The number of amides is 1. The van der Waals surface area contributed by atoms with Crippen molar-refractivity contribution in [2.45, 2.75) is 25.4 Å². The van der Waals surface area contributed by atoms with Gasteiger partial charge in [-0.05, 0) is 30.3 Å². The van der Waals surface area contributed by atoms with Gasteiger partial charge in [0, 0.05) is 13.0 Å². The number of carbonyl (C=O) groups excluding carboxylic acids is 1. The van der Waals surface area contributed by atoms with Crippen molar-refractivity contribution in [3.8, 4) is 0 Å². The highest BCUT2D eigenvalue weighted by Crippen LogP contribution is 2.26. The fraction of sp³-hybridized carbons (Fsp3) is 0.833. The molecule has 2 N–H and O–H groups in total. The first kappa shape index (κ1) is 14.1. The standard InChI is InChI=1S/C12H20N2O2S2/c13-12(17)10-8-14(3-4-16-10)11(15)7-9-1-5-18-6-2-9/h9-10H,1-8H2,(H2,13,17). The molecule has 18 heavy (non-hydrogen) atoms. The van der Waals surface area contributed by atoms with Gasteiger partial charge in [0.1, 0.15) is 11.1 Å². The van der Waals surface area contributed by atoms with Crippen LogP contribution in [0.1, 0.15) is 19.3 Å². The minimum Gasteiger partial charge on any atom is -0.391 e. The molecular formula is C12H20N2O2S2. The van der Waals surface area contributed by atoms with Crippen LogP contribution in [0.2, 0.25) is 0 Å². The van der Waals surface area contributed by atoms with Crippen LogP contribution in [0.25, 0.3) is 0 Å². The van der Waals surface area contributed by atoms with E-state index in [0.29, 0.717) is 37.0 Å². The molecule has 1 atom stereocenters. The molecule has 1 unspecified atom stereocenters. The molecule has 2 fully saturated rings. The fourth-order valence-electron chi connectivity index (χ4n) is 2.37. The maximum atomic E-state index is 12.2. The Morgan fingerprint density at radius 2 is 2.17 bits per heavy atom. The van der Waals surface area contributed by atoms with Crippen LogP contribution in [0, 0.1) is 5.92 Å². The number of thiocarbonyl (C=S) groups is 1. The summed E-state index contributed by atoms with van der Waals surface area (Å²) in [5.74, 6) is 3.17. The van der Waals surface area contributed by atoms with Crippen molar-refractivity contribution in [1.29, 1.82) is 0 Å². The Hall–Kier alpha value is -0.330. The molecule has 2 aliphatic heterocycles. The molecule has 0 bridgehead atoms. The molecule has 0 aromatic heterocycles. The zero-order valence-electron chi connectivity index (χ0n) is 10.5. The number of carbonyl (C=O) groups is 1. The molecule has 0 aromatic rings. The highest BCUT2D eigenvalue weighted by atomic mass is 32.2. The van der Waals surface area contributed by atoms with E-state index in [9.17, 15) is 4.79 Å². The van der Waals surface area contributed by atoms with Gasteiger partial charge < -0.3 is 15.4 Å². The molecule has 2 rings (SSSR count). The highest BCUT2D eigenvalue weighted by Gasteiger charge is 2.27. The van der Waals surface area contributed by atoms with E-state index in [1.807, 2.05) is 16.7 Å². The Kier molecular flexibility index (Phi) is 5.26. The number of hydrogen-bond acceptors (Lipinski definition) is 4. The Morgan fingerprint density at radius 3 is 2.83 bits per heavy atom. The maximum Gasteiger partial charge on any atom is 0.223 e. The van der Waals surface area contributed by atoms with Crippen molar-refractivity contribution < 1.29 is 9.53 Å². The molecule has 6 heteroatoms. The van der Waals surface area contributed by atoms with E-state index < -0.39 is 0 Å². The van der Waals surface area contributed by atoms with Crippen LogP contribution in [-0.4, -0.2) is 53.1 Å². The molecule has 0 aromatic carbocycles. The number of thioether (sulfide) groups is 1. The average Bonchev–Trinajstić information content (AvgIpc) is 2.40. The average molecular weight is 288 g/mol. The number of morpholine rings is 1. The van der Waals surface area contributed by atoms with Gasteiger partial charge in [0.15, 0.2) is 0 Å². The third-order valence-electron chi connectivity index (χ3n) is 3.54. The summed E-state index contributed by atoms with van der Waals surface area (Å²) in [7, 11) is 0. The number of nitrogens with zero attached hydrogens (tertiary/aromatic N) is 1. The third-order valence-corrected chi connectivity index (χ3v) is 4.85. The normalized spacial score (nSPS) is 26.0. The first-order valence-corrected chi connectivity index (χ1v) is 7.99. The van der Waals surface area contributed by atoms with Crippen LogP contribution in [0.4, 0.5) is 0 Å². The molecule has 102 valence electrons. The monoisotopic (exact) mass is 288 g/mol. The lowest BCUT2D eigenvalue weighted by molar-refractivity contribution is -0.137. The van der Waals surface area contributed by atoms with Crippen LogP contribution in [-0.2, 0) is 9.53 Å². The van der Waals surface area contributed by atoms with Crippen molar-refractivity contribution in [3.05, 3.63) is 0 Å². The van der Waals surface area contributed by atoms with E-state index in [0.717, 1.165) is 0 Å². The molecule has 0 saturated carbocycles. The summed E-state index contributed by atoms with van der Waals surface area (Å²) in [4.78, 5) is 14.4. The summed E-state index contributed by atoms with van der Waals surface area (Å²) in [6.07, 6.45) is 2.74. The number of rotatable bonds is 3. The zero-order chi connectivity index (χ0) is 13.0. The van der Waals surface area contributed by atoms with Gasteiger partial charge >= 0.3 is 0 Å². The largest absolute Gasteiger partial charge is 0.391 e. The number of nitrogens with two attached hydrogens (primary N) is 1. The van der Waals surface area contributed by atoms with Gasteiger partial charge in [0.05, 0.1) is 13.2 Å². The molecule has 0 radical (unpaired) electrons. The van der Waals surface area contributed by atoms with E-state index in [1.165, 1.54) is 24.3 Å². The second-order valence-corrected chi connectivity index (χ2v) is 6.56. The first-order valence-electron chi connectivity index (χ1n) is 6.43. The first-order chi connectivity index (χ1) is 8.66. The predicted molar refractivity (Wildman–Crippen MR) is 77.8 cm³/mol. The second-order valence-electron chi connectivity index (χ2n) is 4.86. The lowest BCUT2D eigenvalue weighted by Crippen LogP contribution is -2.50. The molecule has 2 saturated heterocycles. The van der Waals surface area contributed by atoms with Crippen LogP contribution < -0.4 is 5.73 Å². The summed E-state index contributed by atoms with van der Waals surface area (Å²) in [6, 6.07) is 0. The van der Waals surface area contributed by atoms with Gasteiger partial charge in [0.2, 0.25) is 5.91 Å². The minimum absolute atomic E-state index is 0.233. The van der Waals surface area contributed by atoms with Crippen LogP contribution in [0.5, 0.6) is 0 Å². The SMILES string of the molecule is NC(=S)C1CN(C(=O)CC2CCSCC2)CCO1. The van der Waals surface area contributed by atoms with E-state index in [-0.39, 0.29) is 12.0 Å². The van der Waals surface area contributed by atoms with Crippen LogP contribution >= 0.6 is 24.0 Å². The molecule has 0 aliphatic carbocycles. The maximum absolute atomic E-state index is 12.2. The van der Waals surface area contributed by atoms with E-state index in [4.69, 9.17) is 22.7 Å². The Balaban J connectivity index is 1.82. The van der Waals surface area contributed by atoms with Gasteiger partial charge in [0.25, 0.3) is 0 Å². The van der Waals surface area contributed by atoms with Gasteiger partial charge in [-0.25, -0.2) is 0 Å². The van der Waals surface area contributed by atoms with Crippen LogP contribution in [0.15, 0.2) is 0 Å². The summed E-state index contributed by atoms with van der Waals surface area (Å²) in [6.45, 7) is 1.73. The highest BCUT2D eigenvalue weighted by molar-refractivity contribution is 7.99. The van der Waals surface area contributed by atoms with Crippen molar-refractivity contribution in [3.63, 3.8) is 0 Å². The van der Waals surface area contributed by atoms with Crippen LogP contribution in [0.3, 0.4) is 0 Å². The number of ether oxygens (including phenoxy) is 1. The lowest BCUT2D eigenvalue weighted by atomic mass is 9.98. The molecule has 4 nitrogen and oxygen atoms in total. The number of hydrogen-bond donors (Lipinski definition) is 1. The summed E-state index contributed by atoms with van der Waals surface area (Å²) < 4.78 is 5.45. The smallest absolute Gasteiger partial charge is 0.223 e. The van der Waals surface area contributed by atoms with Gasteiger partial charge in [-0.15, -0.1) is 0 Å². The Labute approximate surface area is 118 Å². The van der Waals surface area contributed by atoms with E-state index in [1.54, 1.807) is 0 Å². The second kappa shape index (κ2) is 6.73. The Morgan fingerprint density at radius 1 is 1.44 bits per heavy atom. The van der Waals surface area contributed by atoms with Gasteiger partial charge in [-0.2, -0.15) is 11.8 Å². The summed E-state index contributed by atoms with van der Waals surface area (Å²) in [5, 5.41) is 0. The molecule has 1 amide bonds. The Bertz CT molecular complexity index is 319. The van der Waals surface area contributed by atoms with Crippen molar-refractivity contribution in [2.75, 3.05) is 31.2 Å². The zero-order valence-corrected chi connectivity index (χ0v) is 12.1. The molecule has 0 spiro atoms. The minimum atomic E-state index is -0.264.